The number of rotatable bonds is 5. The summed E-state index contributed by atoms with van der Waals surface area (Å²) in [7, 11) is 1.91. The Hall–Kier alpha value is -3.09. The van der Waals surface area contributed by atoms with Crippen LogP contribution in [0.15, 0.2) is 36.7 Å². The first kappa shape index (κ1) is 20.2. The van der Waals surface area contributed by atoms with Crippen molar-refractivity contribution < 1.29 is 4.79 Å². The highest BCUT2D eigenvalue weighted by Gasteiger charge is 2.27. The number of nitrogens with zero attached hydrogens (tertiary/aromatic N) is 5. The maximum atomic E-state index is 12.6. The van der Waals surface area contributed by atoms with Crippen molar-refractivity contribution in [2.45, 2.75) is 57.8 Å². The molecule has 1 aromatic carbocycles. The van der Waals surface area contributed by atoms with Crippen molar-refractivity contribution in [3.8, 4) is 0 Å². The Kier molecular flexibility index (Phi) is 6.16. The Morgan fingerprint density at radius 2 is 1.90 bits per heavy atom. The lowest BCUT2D eigenvalue weighted by Gasteiger charge is -2.09. The molecule has 0 unspecified atom stereocenters. The van der Waals surface area contributed by atoms with Crippen LogP contribution in [0.3, 0.4) is 0 Å². The maximum absolute atomic E-state index is 12.6. The predicted molar refractivity (Wildman–Crippen MR) is 115 cm³/mol. The number of aromatic nitrogens is 5. The van der Waals surface area contributed by atoms with Gasteiger partial charge in [-0.1, -0.05) is 37.8 Å². The van der Waals surface area contributed by atoms with E-state index in [0.717, 1.165) is 41.4 Å². The Morgan fingerprint density at radius 3 is 2.53 bits per heavy atom. The van der Waals surface area contributed by atoms with Gasteiger partial charge in [0.25, 0.3) is 5.91 Å². The molecule has 0 spiro atoms. The standard InChI is InChI=1S/C19H20N6O.C4H8/c1-12-8-16(23-18(21-12)14-6-7-14)19(26)22-15-5-3-4-13(9-15)10-17-24-20-11-25(17)2;1-2-4-3-1/h3-5,8-9,11,14H,6-7,10H2,1-2H3,(H,22,26);1-4H2. The minimum Gasteiger partial charge on any atom is -0.321 e. The molecular formula is C23H28N6O. The van der Waals surface area contributed by atoms with E-state index < -0.39 is 0 Å². The van der Waals surface area contributed by atoms with Crippen molar-refractivity contribution in [2.75, 3.05) is 5.32 Å². The highest BCUT2D eigenvalue weighted by molar-refractivity contribution is 6.02. The number of aryl methyl sites for hydroxylation is 2. The molecule has 30 heavy (non-hydrogen) atoms. The van der Waals surface area contributed by atoms with Crippen LogP contribution in [0.2, 0.25) is 0 Å². The summed E-state index contributed by atoms with van der Waals surface area (Å²) in [6.45, 7) is 1.89. The molecule has 0 saturated heterocycles. The Morgan fingerprint density at radius 1 is 1.13 bits per heavy atom. The summed E-state index contributed by atoms with van der Waals surface area (Å²) >= 11 is 0. The molecule has 2 aliphatic rings. The number of amides is 1. The van der Waals surface area contributed by atoms with Gasteiger partial charge in [-0.05, 0) is 43.5 Å². The number of nitrogens with one attached hydrogen (secondary N) is 1. The molecule has 7 heteroatoms. The van der Waals surface area contributed by atoms with Crippen molar-refractivity contribution in [1.82, 2.24) is 24.7 Å². The summed E-state index contributed by atoms with van der Waals surface area (Å²) in [6, 6.07) is 9.47. The van der Waals surface area contributed by atoms with Crippen molar-refractivity contribution in [1.29, 1.82) is 0 Å². The fourth-order valence-electron chi connectivity index (χ4n) is 3.09. The second-order valence-electron chi connectivity index (χ2n) is 8.13. The summed E-state index contributed by atoms with van der Waals surface area (Å²) in [5.74, 6) is 1.85. The van der Waals surface area contributed by atoms with Crippen LogP contribution in [0.1, 0.15) is 77.8 Å². The van der Waals surface area contributed by atoms with E-state index in [1.807, 2.05) is 42.8 Å². The summed E-state index contributed by atoms with van der Waals surface area (Å²) < 4.78 is 1.88. The molecule has 0 atom stereocenters. The lowest BCUT2D eigenvalue weighted by molar-refractivity contribution is 0.102. The van der Waals surface area contributed by atoms with Crippen LogP contribution in [-0.4, -0.2) is 30.6 Å². The molecule has 7 nitrogen and oxygen atoms in total. The van der Waals surface area contributed by atoms with Crippen LogP contribution < -0.4 is 5.32 Å². The first-order valence-corrected chi connectivity index (χ1v) is 10.7. The number of benzene rings is 1. The van der Waals surface area contributed by atoms with Gasteiger partial charge in [0.05, 0.1) is 0 Å². The number of anilines is 1. The predicted octanol–water partition coefficient (Wildman–Crippen LogP) is 4.19. The first-order valence-electron chi connectivity index (χ1n) is 10.7. The van der Waals surface area contributed by atoms with E-state index in [-0.39, 0.29) is 5.91 Å². The van der Waals surface area contributed by atoms with E-state index in [4.69, 9.17) is 0 Å². The summed E-state index contributed by atoms with van der Waals surface area (Å²) in [5, 5.41) is 10.9. The monoisotopic (exact) mass is 404 g/mol. The zero-order valence-corrected chi connectivity index (χ0v) is 17.6. The fraction of sp³-hybridized carbons (Fsp3) is 0.435. The second-order valence-corrected chi connectivity index (χ2v) is 8.13. The smallest absolute Gasteiger partial charge is 0.274 e. The molecule has 1 amide bonds. The molecule has 2 saturated carbocycles. The van der Waals surface area contributed by atoms with Gasteiger partial charge >= 0.3 is 0 Å². The Labute approximate surface area is 177 Å². The summed E-state index contributed by atoms with van der Waals surface area (Å²) in [6.07, 6.45) is 10.5. The molecule has 0 aliphatic heterocycles. The lowest BCUT2D eigenvalue weighted by Crippen LogP contribution is -2.15. The first-order chi connectivity index (χ1) is 14.6. The minimum absolute atomic E-state index is 0.215. The van der Waals surface area contributed by atoms with Crippen molar-refractivity contribution in [2.24, 2.45) is 7.05 Å². The number of carbonyl (C=O) groups excluding carboxylic acids is 1. The minimum atomic E-state index is -0.215. The number of carbonyl (C=O) groups is 1. The fourth-order valence-corrected chi connectivity index (χ4v) is 3.09. The quantitative estimate of drug-likeness (QED) is 0.689. The van der Waals surface area contributed by atoms with Crippen LogP contribution in [0.25, 0.3) is 0 Å². The second kappa shape index (κ2) is 9.15. The topological polar surface area (TPSA) is 85.6 Å². The Balaban J connectivity index is 0.000000489. The summed E-state index contributed by atoms with van der Waals surface area (Å²) in [5.41, 5.74) is 3.02. The molecule has 5 rings (SSSR count). The lowest BCUT2D eigenvalue weighted by atomic mass is 10.0. The van der Waals surface area contributed by atoms with E-state index in [2.05, 4.69) is 25.5 Å². The van der Waals surface area contributed by atoms with Gasteiger partial charge in [0.15, 0.2) is 0 Å². The van der Waals surface area contributed by atoms with Gasteiger partial charge < -0.3 is 9.88 Å². The maximum Gasteiger partial charge on any atom is 0.274 e. The molecule has 0 bridgehead atoms. The van der Waals surface area contributed by atoms with Crippen LogP contribution in [-0.2, 0) is 13.5 Å². The zero-order valence-electron chi connectivity index (χ0n) is 17.6. The van der Waals surface area contributed by atoms with Crippen molar-refractivity contribution in [3.63, 3.8) is 0 Å². The molecule has 0 radical (unpaired) electrons. The van der Waals surface area contributed by atoms with Gasteiger partial charge in [-0.15, -0.1) is 10.2 Å². The average Bonchev–Trinajstić information content (AvgIpc) is 3.44. The van der Waals surface area contributed by atoms with Gasteiger partial charge in [-0.2, -0.15) is 0 Å². The largest absolute Gasteiger partial charge is 0.321 e. The van der Waals surface area contributed by atoms with Crippen LogP contribution >= 0.6 is 0 Å². The third-order valence-corrected chi connectivity index (χ3v) is 5.40. The molecule has 2 fully saturated rings. The molecular weight excluding hydrogens is 376 g/mol. The van der Waals surface area contributed by atoms with E-state index in [1.165, 1.54) is 25.7 Å². The third-order valence-electron chi connectivity index (χ3n) is 5.40. The van der Waals surface area contributed by atoms with Crippen LogP contribution in [0.4, 0.5) is 5.69 Å². The van der Waals surface area contributed by atoms with E-state index in [1.54, 1.807) is 12.4 Å². The molecule has 2 aromatic heterocycles. The Bertz CT molecular complexity index is 1020. The van der Waals surface area contributed by atoms with E-state index in [9.17, 15) is 4.79 Å². The van der Waals surface area contributed by atoms with Gasteiger partial charge in [0.1, 0.15) is 23.7 Å². The van der Waals surface area contributed by atoms with E-state index in [0.29, 0.717) is 18.0 Å². The van der Waals surface area contributed by atoms with Crippen molar-refractivity contribution >= 4 is 11.6 Å². The van der Waals surface area contributed by atoms with E-state index >= 15 is 0 Å². The van der Waals surface area contributed by atoms with Gasteiger partial charge in [0, 0.05) is 30.8 Å². The zero-order chi connectivity index (χ0) is 20.9. The molecule has 2 aliphatic carbocycles. The highest BCUT2D eigenvalue weighted by atomic mass is 16.1. The SMILES string of the molecule is C1CCC1.Cc1cc(C(=O)Nc2cccc(Cc3nncn3C)c2)nc(C2CC2)n1. The third kappa shape index (κ3) is 5.28. The van der Waals surface area contributed by atoms with Gasteiger partial charge in [-0.25, -0.2) is 9.97 Å². The van der Waals surface area contributed by atoms with Crippen LogP contribution in [0.5, 0.6) is 0 Å². The molecule has 1 N–H and O–H groups in total. The number of hydrogen-bond donors (Lipinski definition) is 1. The van der Waals surface area contributed by atoms with Crippen LogP contribution in [0, 0.1) is 6.92 Å². The number of hydrogen-bond acceptors (Lipinski definition) is 5. The molecule has 2 heterocycles. The molecule has 3 aromatic rings. The highest BCUT2D eigenvalue weighted by Crippen LogP contribution is 2.38. The van der Waals surface area contributed by atoms with Gasteiger partial charge in [0.2, 0.25) is 0 Å². The van der Waals surface area contributed by atoms with Gasteiger partial charge in [-0.3, -0.25) is 4.79 Å². The molecule has 156 valence electrons. The average molecular weight is 405 g/mol. The van der Waals surface area contributed by atoms with Crippen molar-refractivity contribution in [3.05, 3.63) is 65.3 Å². The normalized spacial score (nSPS) is 15.0. The summed E-state index contributed by atoms with van der Waals surface area (Å²) in [4.78, 5) is 21.5.